The molecular weight excluding hydrogens is 1250 g/mol. The maximum absolute atomic E-state index is 14.9. The van der Waals surface area contributed by atoms with E-state index in [1.54, 1.807) is 37.4 Å². The number of nitrogens with zero attached hydrogens (tertiary/aromatic N) is 5. The third kappa shape index (κ3) is 15.3. The zero-order chi connectivity index (χ0) is 56.7. The van der Waals surface area contributed by atoms with Crippen LogP contribution >= 0.6 is 69.9 Å². The summed E-state index contributed by atoms with van der Waals surface area (Å²) in [6.07, 6.45) is 6.81. The lowest BCUT2D eigenvalue weighted by atomic mass is 9.96. The molecule has 4 fully saturated rings. The van der Waals surface area contributed by atoms with Gasteiger partial charge < -0.3 is 54.5 Å². The average molecular weight is 1310 g/mol. The molecular formula is C60H65Cl2F2IN6O9S2. The summed E-state index contributed by atoms with van der Waals surface area (Å²) < 4.78 is 41.5. The minimum absolute atomic E-state index is 0. The smallest absolute Gasteiger partial charge is 0.358 e. The van der Waals surface area contributed by atoms with Gasteiger partial charge in [0.05, 0.1) is 33.0 Å². The van der Waals surface area contributed by atoms with Crippen LogP contribution in [-0.2, 0) is 32.5 Å². The van der Waals surface area contributed by atoms with E-state index in [1.165, 1.54) is 52.5 Å². The third-order valence-electron chi connectivity index (χ3n) is 15.1. The molecule has 22 heteroatoms. The number of hydrogen-bond acceptors (Lipinski definition) is 15. The van der Waals surface area contributed by atoms with Crippen LogP contribution in [0.15, 0.2) is 107 Å². The summed E-state index contributed by atoms with van der Waals surface area (Å²) in [4.78, 5) is 43.5. The highest BCUT2D eigenvalue weighted by atomic mass is 127. The second kappa shape index (κ2) is 28.1. The quantitative estimate of drug-likeness (QED) is 0.0600. The molecule has 82 heavy (non-hydrogen) atoms. The highest BCUT2D eigenvalue weighted by molar-refractivity contribution is 14.0. The second-order valence-corrected chi connectivity index (χ2v) is 24.4. The van der Waals surface area contributed by atoms with Gasteiger partial charge in [-0.25, -0.2) is 13.6 Å². The molecule has 4 N–H and O–H groups in total. The number of likely N-dealkylation sites (tertiary alicyclic amines) is 2. The lowest BCUT2D eigenvalue weighted by Crippen LogP contribution is -2.50. The van der Waals surface area contributed by atoms with Crippen LogP contribution < -0.4 is 14.8 Å². The summed E-state index contributed by atoms with van der Waals surface area (Å²) in [6, 6.07) is 27.5. The highest BCUT2D eigenvalue weighted by Gasteiger charge is 2.36. The predicted molar refractivity (Wildman–Crippen MR) is 326 cm³/mol. The van der Waals surface area contributed by atoms with Crippen LogP contribution in [0.4, 0.5) is 8.78 Å². The normalized spacial score (nSPS) is 18.0. The summed E-state index contributed by atoms with van der Waals surface area (Å²) >= 11 is 15.0. The van der Waals surface area contributed by atoms with E-state index in [0.717, 1.165) is 108 Å². The van der Waals surface area contributed by atoms with E-state index in [-0.39, 0.29) is 84.3 Å². The Labute approximate surface area is 510 Å². The lowest BCUT2D eigenvalue weighted by Gasteiger charge is -2.35. The SMILES string of the molecule is CN(C(=O)C1=NOCc2cc(-c3ccc(Cl)s3)ccc21)[C@H](CN1CCCC1)[C@H](O)c1ccc(OC2CC2)c(F)c1.CN[C@H](CN1CCCC1)[C@H](O)c1ccc(OC2CC2)c(F)c1.I.O=C(O)C1=NOCc2cc(-c3ccc(Cl)s3)ccc21. The molecule has 4 aromatic carbocycles. The number of likely N-dealkylation sites (N-methyl/N-ethyl adjacent to an activating group) is 2. The summed E-state index contributed by atoms with van der Waals surface area (Å²) in [5.41, 5.74) is 6.04. The number of ether oxygens (including phenoxy) is 2. The molecule has 0 unspecified atom stereocenters. The number of nitrogens with one attached hydrogen (secondary N) is 1. The highest BCUT2D eigenvalue weighted by Crippen LogP contribution is 2.37. The van der Waals surface area contributed by atoms with Gasteiger partial charge in [0, 0.05) is 58.2 Å². The van der Waals surface area contributed by atoms with Crippen molar-refractivity contribution in [1.29, 1.82) is 0 Å². The van der Waals surface area contributed by atoms with Gasteiger partial charge in [-0.3, -0.25) is 4.79 Å². The fourth-order valence-corrected chi connectivity index (χ4v) is 12.3. The first kappa shape index (κ1) is 61.3. The summed E-state index contributed by atoms with van der Waals surface area (Å²) in [6.45, 7) is 5.67. The maximum atomic E-state index is 14.9. The van der Waals surface area contributed by atoms with Gasteiger partial charge in [0.2, 0.25) is 0 Å². The number of fused-ring (bicyclic) bond motifs is 2. The van der Waals surface area contributed by atoms with E-state index in [0.29, 0.717) is 38.9 Å². The molecule has 0 radical (unpaired) electrons. The molecule has 6 aromatic rings. The minimum Gasteiger partial charge on any atom is -0.487 e. The monoisotopic (exact) mass is 1310 g/mol. The Bertz CT molecular complexity index is 3280. The predicted octanol–water partition coefficient (Wildman–Crippen LogP) is 11.7. The summed E-state index contributed by atoms with van der Waals surface area (Å²) in [7, 11) is 3.50. The number of halogens is 5. The largest absolute Gasteiger partial charge is 0.487 e. The first-order valence-corrected chi connectivity index (χ1v) is 29.7. The number of carbonyl (C=O) groups excluding carboxylic acids is 1. The van der Waals surface area contributed by atoms with Gasteiger partial charge in [-0.2, -0.15) is 0 Å². The number of thiophene rings is 2. The number of benzene rings is 4. The Hall–Kier alpha value is -5.27. The van der Waals surface area contributed by atoms with Crippen molar-refractivity contribution >= 4 is 93.2 Å². The van der Waals surface area contributed by atoms with Crippen LogP contribution in [-0.4, -0.2) is 131 Å². The average Bonchev–Trinajstić information content (AvgIpc) is 4.19. The van der Waals surface area contributed by atoms with Crippen molar-refractivity contribution in [3.63, 3.8) is 0 Å². The Morgan fingerprint density at radius 2 is 1.15 bits per heavy atom. The summed E-state index contributed by atoms with van der Waals surface area (Å²) in [5.74, 6) is -1.88. The van der Waals surface area contributed by atoms with Crippen molar-refractivity contribution in [2.24, 2.45) is 10.3 Å². The first-order valence-electron chi connectivity index (χ1n) is 27.3. The van der Waals surface area contributed by atoms with Crippen LogP contribution in [0.1, 0.15) is 97.0 Å². The van der Waals surface area contributed by atoms with Crippen molar-refractivity contribution in [3.8, 4) is 32.4 Å². The molecule has 2 aromatic heterocycles. The van der Waals surface area contributed by atoms with Crippen LogP contribution in [0.5, 0.6) is 11.5 Å². The number of hydrogen-bond donors (Lipinski definition) is 4. The van der Waals surface area contributed by atoms with Crippen molar-refractivity contribution in [1.82, 2.24) is 20.0 Å². The van der Waals surface area contributed by atoms with Gasteiger partial charge in [0.1, 0.15) is 19.3 Å². The van der Waals surface area contributed by atoms with E-state index < -0.39 is 30.0 Å². The van der Waals surface area contributed by atoms with Gasteiger partial charge >= 0.3 is 5.97 Å². The van der Waals surface area contributed by atoms with E-state index in [2.05, 4.69) is 25.4 Å². The van der Waals surface area contributed by atoms with Gasteiger partial charge in [0.25, 0.3) is 5.91 Å². The molecule has 6 aliphatic rings. The Balaban J connectivity index is 0.000000162. The molecule has 2 aliphatic carbocycles. The van der Waals surface area contributed by atoms with Gasteiger partial charge in [-0.05, 0) is 168 Å². The molecule has 15 nitrogen and oxygen atoms in total. The van der Waals surface area contributed by atoms with Gasteiger partial charge in [0.15, 0.2) is 34.6 Å². The Morgan fingerprint density at radius 3 is 1.59 bits per heavy atom. The fourth-order valence-electron chi connectivity index (χ4n) is 10.2. The van der Waals surface area contributed by atoms with Crippen LogP contribution in [0.25, 0.3) is 20.9 Å². The van der Waals surface area contributed by atoms with Gasteiger partial charge in [-0.15, -0.1) is 46.7 Å². The number of aliphatic hydroxyl groups is 2. The standard InChI is InChI=1S/C30H31ClFN3O4S.C17H25FN2O2.C13H8ClNO3S.HI/c1-34(30(37)28-22-8-4-18(14-20(22)17-38-33-28)26-10-11-27(31)40-26)24(16-35-12-2-3-13-35)29(36)19-5-9-25(23(32)15-19)39-21-6-7-21;1-19-15(11-20-8-2-3-9-20)17(21)12-4-7-16(14(18)10-12)22-13-5-6-13;14-11-4-3-10(19-11)7-1-2-9-8(5-7)6-18-15-12(9)13(16)17;/h4-5,8-11,14-15,21,24,29,36H,2-3,6-7,12-13,16-17H2,1H3;4,7,10,13,15,17,19,21H,2-3,5-6,8-9,11H2,1H3;1-5H,6H2,(H,16,17);1H/t24-,29-;15-,17-;;/m11../s1. The molecule has 12 rings (SSSR count). The molecule has 4 aliphatic heterocycles. The molecule has 6 heterocycles. The van der Waals surface area contributed by atoms with Crippen molar-refractivity contribution < 1.29 is 52.8 Å². The number of carbonyl (C=O) groups is 2. The van der Waals surface area contributed by atoms with E-state index in [9.17, 15) is 28.6 Å². The first-order chi connectivity index (χ1) is 39.2. The number of amides is 1. The van der Waals surface area contributed by atoms with E-state index in [4.69, 9.17) is 47.5 Å². The molecule has 4 atom stereocenters. The second-order valence-electron chi connectivity index (χ2n) is 21.0. The number of carboxylic acids is 1. The van der Waals surface area contributed by atoms with E-state index in [1.807, 2.05) is 61.6 Å². The van der Waals surface area contributed by atoms with Crippen LogP contribution in [0.2, 0.25) is 8.67 Å². The topological polar surface area (TPSA) is 178 Å². The summed E-state index contributed by atoms with van der Waals surface area (Å²) in [5, 5.41) is 42.0. The molecule has 0 bridgehead atoms. The maximum Gasteiger partial charge on any atom is 0.358 e. The number of rotatable bonds is 18. The van der Waals surface area contributed by atoms with Crippen molar-refractivity contribution in [2.45, 2.75) is 101 Å². The van der Waals surface area contributed by atoms with Crippen molar-refractivity contribution in [3.05, 3.63) is 151 Å². The molecule has 2 saturated carbocycles. The van der Waals surface area contributed by atoms with Crippen LogP contribution in [0.3, 0.4) is 0 Å². The minimum atomic E-state index is -1.12. The zero-order valence-electron chi connectivity index (χ0n) is 45.3. The molecule has 0 spiro atoms. The Morgan fingerprint density at radius 1 is 0.683 bits per heavy atom. The Kier molecular flexibility index (Phi) is 21.0. The molecule has 1 amide bonds. The number of carboxylic acid groups (broad SMARTS) is 1. The number of aliphatic carboxylic acids is 1. The van der Waals surface area contributed by atoms with Gasteiger partial charge in [-0.1, -0.05) is 69.9 Å². The number of aliphatic hydroxyl groups excluding tert-OH is 2. The molecule has 2 saturated heterocycles. The van der Waals surface area contributed by atoms with Crippen LogP contribution in [0, 0.1) is 11.6 Å². The zero-order valence-corrected chi connectivity index (χ0v) is 50.8. The molecule has 436 valence electrons. The third-order valence-corrected chi connectivity index (χ3v) is 17.6. The lowest BCUT2D eigenvalue weighted by molar-refractivity contribution is -0.129. The van der Waals surface area contributed by atoms with E-state index >= 15 is 0 Å². The van der Waals surface area contributed by atoms with Crippen molar-refractivity contribution in [2.75, 3.05) is 53.4 Å². The fraction of sp³-hybridized carbons (Fsp3) is 0.400. The number of oxime groups is 2.